The molecule has 0 aromatic carbocycles. The van der Waals surface area contributed by atoms with Crippen LogP contribution >= 0.6 is 22.7 Å². The average molecular weight is 365 g/mol. The standard InChI is InChI=1S/C16H19N3O3S2/c1-12(20)17-8-15(21)18-9-16(22)19(10-13-4-2-6-23-13)11-14-5-3-7-24-14/h2-7H,8-11H2,1H3,(H,17,20)(H,18,21). The molecule has 2 N–H and O–H groups in total. The van der Waals surface area contributed by atoms with E-state index in [4.69, 9.17) is 0 Å². The third-order valence-corrected chi connectivity index (χ3v) is 4.86. The zero-order valence-corrected chi connectivity index (χ0v) is 14.9. The van der Waals surface area contributed by atoms with Crippen LogP contribution in [0.5, 0.6) is 0 Å². The maximum Gasteiger partial charge on any atom is 0.242 e. The van der Waals surface area contributed by atoms with Crippen LogP contribution in [-0.4, -0.2) is 35.7 Å². The molecule has 0 fully saturated rings. The molecule has 0 atom stereocenters. The van der Waals surface area contributed by atoms with Gasteiger partial charge >= 0.3 is 0 Å². The van der Waals surface area contributed by atoms with E-state index in [-0.39, 0.29) is 30.8 Å². The number of carbonyl (C=O) groups is 3. The van der Waals surface area contributed by atoms with E-state index in [0.29, 0.717) is 13.1 Å². The Hall–Kier alpha value is -2.19. The van der Waals surface area contributed by atoms with Crippen molar-refractivity contribution in [3.05, 3.63) is 44.8 Å². The van der Waals surface area contributed by atoms with Gasteiger partial charge in [0.05, 0.1) is 26.2 Å². The van der Waals surface area contributed by atoms with E-state index in [1.54, 1.807) is 27.6 Å². The summed E-state index contributed by atoms with van der Waals surface area (Å²) in [5, 5.41) is 8.88. The van der Waals surface area contributed by atoms with Gasteiger partial charge < -0.3 is 15.5 Å². The van der Waals surface area contributed by atoms with E-state index >= 15 is 0 Å². The van der Waals surface area contributed by atoms with Gasteiger partial charge in [-0.25, -0.2) is 0 Å². The molecule has 0 aliphatic heterocycles. The van der Waals surface area contributed by atoms with Gasteiger partial charge in [0.1, 0.15) is 0 Å². The number of hydrogen-bond acceptors (Lipinski definition) is 5. The van der Waals surface area contributed by atoms with Gasteiger partial charge in [-0.2, -0.15) is 0 Å². The number of carbonyl (C=O) groups excluding carboxylic acids is 3. The van der Waals surface area contributed by atoms with Crippen LogP contribution < -0.4 is 10.6 Å². The fraction of sp³-hybridized carbons (Fsp3) is 0.312. The highest BCUT2D eigenvalue weighted by Crippen LogP contribution is 2.17. The van der Waals surface area contributed by atoms with Crippen LogP contribution in [0.3, 0.4) is 0 Å². The molecule has 0 aliphatic carbocycles. The summed E-state index contributed by atoms with van der Waals surface area (Å²) in [4.78, 5) is 38.8. The van der Waals surface area contributed by atoms with Crippen molar-refractivity contribution in [3.63, 3.8) is 0 Å². The summed E-state index contributed by atoms with van der Waals surface area (Å²) < 4.78 is 0. The molecule has 0 saturated heterocycles. The number of rotatable bonds is 8. The molecule has 2 rings (SSSR count). The highest BCUT2D eigenvalue weighted by atomic mass is 32.1. The third kappa shape index (κ3) is 6.13. The Balaban J connectivity index is 1.91. The van der Waals surface area contributed by atoms with Crippen LogP contribution in [-0.2, 0) is 27.5 Å². The fourth-order valence-electron chi connectivity index (χ4n) is 1.97. The van der Waals surface area contributed by atoms with Crippen molar-refractivity contribution >= 4 is 40.4 Å². The SMILES string of the molecule is CC(=O)NCC(=O)NCC(=O)N(Cc1cccs1)Cc1cccs1. The number of thiophene rings is 2. The summed E-state index contributed by atoms with van der Waals surface area (Å²) in [5.41, 5.74) is 0. The molecule has 3 amide bonds. The summed E-state index contributed by atoms with van der Waals surface area (Å²) in [5.74, 6) is -0.827. The van der Waals surface area contributed by atoms with E-state index in [1.165, 1.54) is 6.92 Å². The number of amides is 3. The lowest BCUT2D eigenvalue weighted by atomic mass is 10.3. The van der Waals surface area contributed by atoms with Crippen LogP contribution in [0, 0.1) is 0 Å². The molecule has 128 valence electrons. The van der Waals surface area contributed by atoms with E-state index in [2.05, 4.69) is 10.6 Å². The molecule has 2 aromatic rings. The topological polar surface area (TPSA) is 78.5 Å². The Kier molecular flexibility index (Phi) is 6.95. The molecule has 2 heterocycles. The lowest BCUT2D eigenvalue weighted by Gasteiger charge is -2.22. The molecule has 8 heteroatoms. The summed E-state index contributed by atoms with van der Waals surface area (Å²) >= 11 is 3.18. The maximum atomic E-state index is 12.5. The highest BCUT2D eigenvalue weighted by Gasteiger charge is 2.16. The largest absolute Gasteiger partial charge is 0.347 e. The third-order valence-electron chi connectivity index (χ3n) is 3.14. The minimum atomic E-state index is -0.384. The predicted molar refractivity (Wildman–Crippen MR) is 94.6 cm³/mol. The fourth-order valence-corrected chi connectivity index (χ4v) is 3.41. The van der Waals surface area contributed by atoms with Crippen molar-refractivity contribution in [2.75, 3.05) is 13.1 Å². The van der Waals surface area contributed by atoms with Gasteiger partial charge in [-0.15, -0.1) is 22.7 Å². The van der Waals surface area contributed by atoms with Gasteiger partial charge in [-0.05, 0) is 22.9 Å². The quantitative estimate of drug-likeness (QED) is 0.746. The second-order valence-electron chi connectivity index (χ2n) is 5.09. The molecule has 0 spiro atoms. The monoisotopic (exact) mass is 365 g/mol. The van der Waals surface area contributed by atoms with Crippen molar-refractivity contribution < 1.29 is 14.4 Å². The van der Waals surface area contributed by atoms with E-state index in [9.17, 15) is 14.4 Å². The van der Waals surface area contributed by atoms with Gasteiger partial charge in [0.2, 0.25) is 17.7 Å². The maximum absolute atomic E-state index is 12.5. The van der Waals surface area contributed by atoms with Gasteiger partial charge in [0, 0.05) is 16.7 Å². The molecule has 0 unspecified atom stereocenters. The Morgan fingerprint density at radius 3 is 2.00 bits per heavy atom. The van der Waals surface area contributed by atoms with Gasteiger partial charge in [-0.3, -0.25) is 14.4 Å². The van der Waals surface area contributed by atoms with Crippen LogP contribution in [0.4, 0.5) is 0 Å². The molecular formula is C16H19N3O3S2. The Morgan fingerprint density at radius 2 is 1.54 bits per heavy atom. The van der Waals surface area contributed by atoms with Crippen molar-refractivity contribution in [3.8, 4) is 0 Å². The van der Waals surface area contributed by atoms with Gasteiger partial charge in [0.25, 0.3) is 0 Å². The van der Waals surface area contributed by atoms with Gasteiger partial charge in [0.15, 0.2) is 0 Å². The molecule has 0 bridgehead atoms. The average Bonchev–Trinajstić information content (AvgIpc) is 3.23. The van der Waals surface area contributed by atoms with Crippen LogP contribution in [0.1, 0.15) is 16.7 Å². The van der Waals surface area contributed by atoms with Crippen molar-refractivity contribution in [2.45, 2.75) is 20.0 Å². The predicted octanol–water partition coefficient (Wildman–Crippen LogP) is 1.59. The first kappa shape index (κ1) is 18.2. The summed E-state index contributed by atoms with van der Waals surface area (Å²) in [7, 11) is 0. The first-order valence-electron chi connectivity index (χ1n) is 7.38. The minimum absolute atomic E-state index is 0.0881. The Bertz CT molecular complexity index is 633. The molecule has 0 saturated carbocycles. The minimum Gasteiger partial charge on any atom is -0.347 e. The van der Waals surface area contributed by atoms with Crippen molar-refractivity contribution in [1.82, 2.24) is 15.5 Å². The zero-order chi connectivity index (χ0) is 17.4. The lowest BCUT2D eigenvalue weighted by Crippen LogP contribution is -2.42. The van der Waals surface area contributed by atoms with Crippen LogP contribution in [0.25, 0.3) is 0 Å². The summed E-state index contributed by atoms with van der Waals surface area (Å²) in [6, 6.07) is 7.86. The van der Waals surface area contributed by atoms with Crippen molar-refractivity contribution in [2.24, 2.45) is 0 Å². The first-order valence-corrected chi connectivity index (χ1v) is 9.14. The molecule has 2 aromatic heterocycles. The molecule has 6 nitrogen and oxygen atoms in total. The van der Waals surface area contributed by atoms with E-state index in [1.807, 2.05) is 35.0 Å². The van der Waals surface area contributed by atoms with Crippen LogP contribution in [0.2, 0.25) is 0 Å². The second-order valence-corrected chi connectivity index (χ2v) is 7.16. The normalized spacial score (nSPS) is 10.2. The Labute approximate surface area is 148 Å². The van der Waals surface area contributed by atoms with Crippen LogP contribution in [0.15, 0.2) is 35.0 Å². The van der Waals surface area contributed by atoms with E-state index < -0.39 is 0 Å². The summed E-state index contributed by atoms with van der Waals surface area (Å²) in [6.45, 7) is 2.14. The number of nitrogens with one attached hydrogen (secondary N) is 2. The van der Waals surface area contributed by atoms with Crippen molar-refractivity contribution in [1.29, 1.82) is 0 Å². The molecule has 24 heavy (non-hydrogen) atoms. The molecule has 0 radical (unpaired) electrons. The number of hydrogen-bond donors (Lipinski definition) is 2. The molecular weight excluding hydrogens is 346 g/mol. The summed E-state index contributed by atoms with van der Waals surface area (Å²) in [6.07, 6.45) is 0. The molecule has 0 aliphatic rings. The smallest absolute Gasteiger partial charge is 0.242 e. The first-order chi connectivity index (χ1) is 11.5. The highest BCUT2D eigenvalue weighted by molar-refractivity contribution is 7.10. The zero-order valence-electron chi connectivity index (χ0n) is 13.3. The lowest BCUT2D eigenvalue weighted by molar-refractivity contribution is -0.133. The van der Waals surface area contributed by atoms with Gasteiger partial charge in [-0.1, -0.05) is 12.1 Å². The second kappa shape index (κ2) is 9.19. The number of nitrogens with zero attached hydrogens (tertiary/aromatic N) is 1. The Morgan fingerprint density at radius 1 is 0.958 bits per heavy atom. The van der Waals surface area contributed by atoms with E-state index in [0.717, 1.165) is 9.75 Å².